The zero-order valence-corrected chi connectivity index (χ0v) is 22.4. The number of halogens is 1. The normalized spacial score (nSPS) is 20.0. The second-order valence-corrected chi connectivity index (χ2v) is 10.6. The number of fused-ring (bicyclic) bond motifs is 3. The van der Waals surface area contributed by atoms with Crippen molar-refractivity contribution in [1.29, 1.82) is 0 Å². The van der Waals surface area contributed by atoms with Gasteiger partial charge in [-0.3, -0.25) is 4.79 Å². The summed E-state index contributed by atoms with van der Waals surface area (Å²) in [5.74, 6) is 1.52. The lowest BCUT2D eigenvalue weighted by Crippen LogP contribution is -2.34. The Hall–Kier alpha value is -4.93. The number of hydrogen-bond acceptors (Lipinski definition) is 8. The molecule has 2 fully saturated rings. The SMILES string of the molecule is C=CC(=O)N1CC[C@H]2C[C@H](c3ccc4ncnc(Nc5cc(C)c(Oc6ccn7ncnc7c6)cc5F)c4n3)C[C@H]21. The zero-order chi connectivity index (χ0) is 28.1. The summed E-state index contributed by atoms with van der Waals surface area (Å²) in [7, 11) is 0. The van der Waals surface area contributed by atoms with E-state index in [4.69, 9.17) is 9.72 Å². The van der Waals surface area contributed by atoms with Crippen LogP contribution >= 0.6 is 0 Å². The van der Waals surface area contributed by atoms with E-state index in [1.54, 1.807) is 28.9 Å². The fourth-order valence-electron chi connectivity index (χ4n) is 6.16. The minimum atomic E-state index is -0.493. The average molecular weight is 551 g/mol. The Bertz CT molecular complexity index is 1820. The van der Waals surface area contributed by atoms with Gasteiger partial charge in [0.2, 0.25) is 5.91 Å². The second kappa shape index (κ2) is 9.92. The molecule has 5 aromatic rings. The van der Waals surface area contributed by atoms with Crippen LogP contribution in [0.2, 0.25) is 0 Å². The van der Waals surface area contributed by atoms with Crippen molar-refractivity contribution in [3.05, 3.63) is 85.0 Å². The van der Waals surface area contributed by atoms with Gasteiger partial charge in [-0.1, -0.05) is 6.58 Å². The number of pyridine rings is 2. The molecule has 3 atom stereocenters. The van der Waals surface area contributed by atoms with Gasteiger partial charge in [0.25, 0.3) is 0 Å². The minimum Gasteiger partial charge on any atom is -0.457 e. The van der Waals surface area contributed by atoms with Crippen LogP contribution in [0.25, 0.3) is 16.7 Å². The molecule has 206 valence electrons. The Balaban J connectivity index is 1.14. The zero-order valence-electron chi connectivity index (χ0n) is 22.4. The lowest BCUT2D eigenvalue weighted by atomic mass is 9.99. The van der Waals surface area contributed by atoms with Crippen LogP contribution in [0.1, 0.15) is 36.4 Å². The van der Waals surface area contributed by atoms with Gasteiger partial charge < -0.3 is 15.0 Å². The highest BCUT2D eigenvalue weighted by molar-refractivity contribution is 5.88. The van der Waals surface area contributed by atoms with Crippen LogP contribution in [-0.4, -0.2) is 52.9 Å². The quantitative estimate of drug-likeness (QED) is 0.283. The van der Waals surface area contributed by atoms with Crippen molar-refractivity contribution in [1.82, 2.24) is 34.4 Å². The van der Waals surface area contributed by atoms with Gasteiger partial charge in [-0.05, 0) is 68.0 Å². The van der Waals surface area contributed by atoms with Crippen molar-refractivity contribution in [2.75, 3.05) is 11.9 Å². The number of nitrogens with one attached hydrogen (secondary N) is 1. The van der Waals surface area contributed by atoms with E-state index in [1.165, 1.54) is 24.8 Å². The molecule has 5 heterocycles. The van der Waals surface area contributed by atoms with Crippen molar-refractivity contribution < 1.29 is 13.9 Å². The van der Waals surface area contributed by atoms with Crippen LogP contribution in [0.4, 0.5) is 15.9 Å². The molecule has 1 aliphatic carbocycles. The molecule has 0 spiro atoms. The molecule has 2 aliphatic rings. The Morgan fingerprint density at radius 1 is 1.15 bits per heavy atom. The highest BCUT2D eigenvalue weighted by Gasteiger charge is 2.44. The predicted molar refractivity (Wildman–Crippen MR) is 151 cm³/mol. The van der Waals surface area contributed by atoms with Gasteiger partial charge >= 0.3 is 0 Å². The van der Waals surface area contributed by atoms with Crippen LogP contribution in [0, 0.1) is 18.7 Å². The summed E-state index contributed by atoms with van der Waals surface area (Å²) in [6, 6.07) is 10.6. The molecule has 1 amide bonds. The first-order valence-electron chi connectivity index (χ1n) is 13.6. The summed E-state index contributed by atoms with van der Waals surface area (Å²) >= 11 is 0. The summed E-state index contributed by atoms with van der Waals surface area (Å²) in [5.41, 5.74) is 3.78. The molecule has 1 aromatic carbocycles. The summed E-state index contributed by atoms with van der Waals surface area (Å²) in [6.45, 7) is 6.29. The van der Waals surface area contributed by atoms with Crippen molar-refractivity contribution in [3.63, 3.8) is 0 Å². The number of rotatable bonds is 6. The maximum absolute atomic E-state index is 15.3. The first-order valence-corrected chi connectivity index (χ1v) is 13.6. The number of likely N-dealkylation sites (tertiary alicyclic amines) is 1. The highest BCUT2D eigenvalue weighted by Crippen LogP contribution is 2.46. The first kappa shape index (κ1) is 25.1. The lowest BCUT2D eigenvalue weighted by Gasteiger charge is -2.23. The molecule has 11 heteroatoms. The Morgan fingerprint density at radius 3 is 2.93 bits per heavy atom. The smallest absolute Gasteiger partial charge is 0.246 e. The predicted octanol–water partition coefficient (Wildman–Crippen LogP) is 5.33. The number of ether oxygens (including phenoxy) is 1. The van der Waals surface area contributed by atoms with Crippen molar-refractivity contribution in [2.45, 2.75) is 38.1 Å². The number of hydrogen-bond donors (Lipinski definition) is 1. The summed E-state index contributed by atoms with van der Waals surface area (Å²) < 4.78 is 22.9. The summed E-state index contributed by atoms with van der Waals surface area (Å²) in [4.78, 5) is 32.1. The summed E-state index contributed by atoms with van der Waals surface area (Å²) in [5, 5.41) is 7.20. The number of carbonyl (C=O) groups excluding carboxylic acids is 1. The van der Waals surface area contributed by atoms with Gasteiger partial charge in [0.15, 0.2) is 11.5 Å². The first-order chi connectivity index (χ1) is 20.0. The number of aryl methyl sites for hydroxylation is 1. The molecule has 4 aromatic heterocycles. The van der Waals surface area contributed by atoms with Gasteiger partial charge in [0, 0.05) is 42.5 Å². The number of nitrogens with zero attached hydrogens (tertiary/aromatic N) is 7. The molecule has 1 saturated heterocycles. The number of carbonyl (C=O) groups is 1. The van der Waals surface area contributed by atoms with Crippen molar-refractivity contribution >= 4 is 34.1 Å². The fourth-order valence-corrected chi connectivity index (χ4v) is 6.16. The number of amides is 1. The molecule has 0 unspecified atom stereocenters. The third-order valence-corrected chi connectivity index (χ3v) is 8.18. The third kappa shape index (κ3) is 4.52. The van der Waals surface area contributed by atoms with Gasteiger partial charge in [0.05, 0.1) is 11.2 Å². The minimum absolute atomic E-state index is 0.00497. The Labute approximate surface area is 234 Å². The van der Waals surface area contributed by atoms with Gasteiger partial charge in [-0.15, -0.1) is 0 Å². The second-order valence-electron chi connectivity index (χ2n) is 10.6. The standard InChI is InChI=1S/C30H27FN8O2/c1-3-28(40)38-8-6-18-11-19(12-25(18)38)22-4-5-23-29(36-22)30(34-15-32-23)37-24-10-17(2)26(14-21(24)31)41-20-7-9-39-27(13-20)33-16-35-39/h3-5,7,9-10,13-16,18-19,25H,1,6,8,11-12H2,2H3,(H,32,34,37)/t18-,19-,25+/m0/s1. The van der Waals surface area contributed by atoms with Crippen LogP contribution < -0.4 is 10.1 Å². The van der Waals surface area contributed by atoms with Crippen LogP contribution in [0.15, 0.2) is 67.9 Å². The Kier molecular flexibility index (Phi) is 6.06. The van der Waals surface area contributed by atoms with E-state index in [1.807, 2.05) is 24.0 Å². The van der Waals surface area contributed by atoms with Crippen LogP contribution in [0.5, 0.6) is 11.5 Å². The average Bonchev–Trinajstić information content (AvgIpc) is 3.71. The molecule has 1 aliphatic heterocycles. The van der Waals surface area contributed by atoms with Crippen LogP contribution in [-0.2, 0) is 4.79 Å². The number of benzene rings is 1. The van der Waals surface area contributed by atoms with Crippen molar-refractivity contribution in [3.8, 4) is 11.5 Å². The molecule has 0 radical (unpaired) electrons. The molecule has 0 bridgehead atoms. The van der Waals surface area contributed by atoms with Gasteiger partial charge in [-0.2, -0.15) is 5.10 Å². The molecule has 10 nitrogen and oxygen atoms in total. The monoisotopic (exact) mass is 550 g/mol. The van der Waals surface area contributed by atoms with Crippen molar-refractivity contribution in [2.24, 2.45) is 5.92 Å². The summed E-state index contributed by atoms with van der Waals surface area (Å²) in [6.07, 6.45) is 8.85. The number of anilines is 2. The van der Waals surface area contributed by atoms with Crippen LogP contribution in [0.3, 0.4) is 0 Å². The maximum Gasteiger partial charge on any atom is 0.246 e. The molecule has 1 N–H and O–H groups in total. The highest BCUT2D eigenvalue weighted by atomic mass is 19.1. The number of aromatic nitrogens is 6. The maximum atomic E-state index is 15.3. The third-order valence-electron chi connectivity index (χ3n) is 8.18. The topological polar surface area (TPSA) is 110 Å². The molecular weight excluding hydrogens is 523 g/mol. The Morgan fingerprint density at radius 2 is 2.05 bits per heavy atom. The largest absolute Gasteiger partial charge is 0.457 e. The molecule has 41 heavy (non-hydrogen) atoms. The molecular formula is C30H27FN8O2. The van der Waals surface area contributed by atoms with E-state index in [0.29, 0.717) is 39.9 Å². The van der Waals surface area contributed by atoms with E-state index in [0.717, 1.165) is 37.1 Å². The van der Waals surface area contributed by atoms with E-state index >= 15 is 4.39 Å². The molecule has 1 saturated carbocycles. The van der Waals surface area contributed by atoms with E-state index in [2.05, 4.69) is 31.9 Å². The lowest BCUT2D eigenvalue weighted by molar-refractivity contribution is -0.126. The van der Waals surface area contributed by atoms with E-state index in [9.17, 15) is 4.79 Å². The fraction of sp³-hybridized carbons (Fsp3) is 0.267. The van der Waals surface area contributed by atoms with E-state index in [-0.39, 0.29) is 23.6 Å². The van der Waals surface area contributed by atoms with Gasteiger partial charge in [0.1, 0.15) is 35.5 Å². The van der Waals surface area contributed by atoms with E-state index < -0.39 is 5.82 Å². The molecule has 7 rings (SSSR count). The van der Waals surface area contributed by atoms with Gasteiger partial charge in [-0.25, -0.2) is 28.8 Å².